The molecule has 0 fully saturated rings. The molecule has 0 saturated carbocycles. The Kier molecular flexibility index (Phi) is 6.90. The molecule has 0 aliphatic carbocycles. The van der Waals surface area contributed by atoms with Crippen molar-refractivity contribution in [3.05, 3.63) is 129 Å². The van der Waals surface area contributed by atoms with Crippen LogP contribution in [0.3, 0.4) is 0 Å². The van der Waals surface area contributed by atoms with Gasteiger partial charge in [0.15, 0.2) is 0 Å². The first-order valence-electron chi connectivity index (χ1n) is 10.6. The highest BCUT2D eigenvalue weighted by molar-refractivity contribution is 6.31. The summed E-state index contributed by atoms with van der Waals surface area (Å²) in [4.78, 5) is 37.8. The van der Waals surface area contributed by atoms with Crippen molar-refractivity contribution in [3.8, 4) is 0 Å². The van der Waals surface area contributed by atoms with Crippen LogP contribution in [0, 0.1) is 6.92 Å². The number of nitrogens with zero attached hydrogens (tertiary/aromatic N) is 1. The lowest BCUT2D eigenvalue weighted by atomic mass is 10.1. The van der Waals surface area contributed by atoms with Gasteiger partial charge in [-0.3, -0.25) is 14.4 Å². The lowest BCUT2D eigenvalue weighted by Crippen LogP contribution is -2.23. The minimum absolute atomic E-state index is 0.238. The Balaban J connectivity index is 1.52. The summed E-state index contributed by atoms with van der Waals surface area (Å²) in [6, 6.07) is 24.3. The zero-order valence-electron chi connectivity index (χ0n) is 18.4. The van der Waals surface area contributed by atoms with Gasteiger partial charge in [0.05, 0.1) is 12.1 Å². The van der Waals surface area contributed by atoms with Crippen LogP contribution >= 0.6 is 11.6 Å². The van der Waals surface area contributed by atoms with Crippen LogP contribution in [-0.2, 0) is 6.54 Å². The van der Waals surface area contributed by atoms with Crippen LogP contribution < -0.4 is 16.2 Å². The highest BCUT2D eigenvalue weighted by Crippen LogP contribution is 2.22. The van der Waals surface area contributed by atoms with Crippen molar-refractivity contribution in [1.82, 2.24) is 4.57 Å². The van der Waals surface area contributed by atoms with E-state index in [0.717, 1.165) is 11.1 Å². The standard InChI is InChI=1S/C27H22ClN3O3/c1-18-11-13-22(29-26(33)19-7-3-2-4-8-19)15-24(18)30-27(34)21-12-14-25(32)31(17-21)16-20-9-5-6-10-23(20)28/h2-15,17H,16H2,1H3,(H,29,33)(H,30,34). The molecule has 3 aromatic carbocycles. The van der Waals surface area contributed by atoms with E-state index in [1.54, 1.807) is 42.5 Å². The number of rotatable bonds is 6. The third-order valence-electron chi connectivity index (χ3n) is 5.32. The van der Waals surface area contributed by atoms with Crippen LogP contribution in [-0.4, -0.2) is 16.4 Å². The van der Waals surface area contributed by atoms with E-state index in [1.807, 2.05) is 37.3 Å². The number of halogens is 1. The van der Waals surface area contributed by atoms with Crippen molar-refractivity contribution in [1.29, 1.82) is 0 Å². The molecule has 4 aromatic rings. The van der Waals surface area contributed by atoms with Gasteiger partial charge in [0.2, 0.25) is 0 Å². The zero-order valence-corrected chi connectivity index (χ0v) is 19.2. The number of aromatic nitrogens is 1. The third kappa shape index (κ3) is 5.42. The number of carbonyl (C=O) groups excluding carboxylic acids is 2. The average molecular weight is 472 g/mol. The summed E-state index contributed by atoms with van der Waals surface area (Å²) in [5.41, 5.74) is 3.34. The predicted molar refractivity (Wildman–Crippen MR) is 135 cm³/mol. The van der Waals surface area contributed by atoms with Gasteiger partial charge in [0.1, 0.15) is 0 Å². The van der Waals surface area contributed by atoms with E-state index in [0.29, 0.717) is 27.5 Å². The van der Waals surface area contributed by atoms with E-state index in [4.69, 9.17) is 11.6 Å². The van der Waals surface area contributed by atoms with Gasteiger partial charge in [-0.25, -0.2) is 0 Å². The van der Waals surface area contributed by atoms with Crippen LogP contribution in [0.5, 0.6) is 0 Å². The molecule has 0 aliphatic rings. The molecule has 2 amide bonds. The molecule has 0 saturated heterocycles. The van der Waals surface area contributed by atoms with Crippen molar-refractivity contribution < 1.29 is 9.59 Å². The first-order valence-corrected chi connectivity index (χ1v) is 11.0. The number of nitrogens with one attached hydrogen (secondary N) is 2. The molecule has 0 spiro atoms. The normalized spacial score (nSPS) is 10.5. The fraction of sp³-hybridized carbons (Fsp3) is 0.0741. The molecule has 0 bridgehead atoms. The summed E-state index contributed by atoms with van der Waals surface area (Å²) >= 11 is 6.22. The van der Waals surface area contributed by atoms with Crippen LogP contribution in [0.15, 0.2) is 95.9 Å². The number of hydrogen-bond donors (Lipinski definition) is 2. The first-order chi connectivity index (χ1) is 16.4. The molecule has 0 radical (unpaired) electrons. The maximum absolute atomic E-state index is 13.0. The number of anilines is 2. The number of carbonyl (C=O) groups is 2. The first kappa shape index (κ1) is 23.0. The molecule has 0 unspecified atom stereocenters. The number of pyridine rings is 1. The van der Waals surface area contributed by atoms with Gasteiger partial charge in [0, 0.05) is 34.2 Å². The minimum atomic E-state index is -0.373. The summed E-state index contributed by atoms with van der Waals surface area (Å²) in [5.74, 6) is -0.615. The van der Waals surface area contributed by atoms with Crippen molar-refractivity contribution in [2.24, 2.45) is 0 Å². The Morgan fingerprint density at radius 1 is 0.824 bits per heavy atom. The van der Waals surface area contributed by atoms with Gasteiger partial charge in [-0.2, -0.15) is 0 Å². The van der Waals surface area contributed by atoms with Crippen LogP contribution in [0.4, 0.5) is 11.4 Å². The lowest BCUT2D eigenvalue weighted by molar-refractivity contribution is 0.101. The summed E-state index contributed by atoms with van der Waals surface area (Å²) < 4.78 is 1.44. The van der Waals surface area contributed by atoms with E-state index in [2.05, 4.69) is 10.6 Å². The van der Waals surface area contributed by atoms with Gasteiger partial charge < -0.3 is 15.2 Å². The molecule has 7 heteroatoms. The van der Waals surface area contributed by atoms with Crippen molar-refractivity contribution >= 4 is 34.8 Å². The topological polar surface area (TPSA) is 80.2 Å². The SMILES string of the molecule is Cc1ccc(NC(=O)c2ccccc2)cc1NC(=O)c1ccc(=O)n(Cc2ccccc2Cl)c1. The quantitative estimate of drug-likeness (QED) is 0.397. The number of aryl methyl sites for hydroxylation is 1. The fourth-order valence-corrected chi connectivity index (χ4v) is 3.62. The number of benzene rings is 3. The van der Waals surface area contributed by atoms with Crippen LogP contribution in [0.1, 0.15) is 31.8 Å². The molecule has 4 rings (SSSR count). The van der Waals surface area contributed by atoms with Crippen LogP contribution in [0.25, 0.3) is 0 Å². The highest BCUT2D eigenvalue weighted by Gasteiger charge is 2.12. The van der Waals surface area contributed by atoms with E-state index < -0.39 is 0 Å². The number of amides is 2. The van der Waals surface area contributed by atoms with E-state index in [-0.39, 0.29) is 23.9 Å². The molecule has 1 heterocycles. The van der Waals surface area contributed by atoms with Gasteiger partial charge >= 0.3 is 0 Å². The fourth-order valence-electron chi connectivity index (χ4n) is 3.42. The molecule has 0 aliphatic heterocycles. The van der Waals surface area contributed by atoms with Gasteiger partial charge in [-0.15, -0.1) is 0 Å². The molecule has 1 aromatic heterocycles. The van der Waals surface area contributed by atoms with Crippen molar-refractivity contribution in [3.63, 3.8) is 0 Å². The second-order valence-corrected chi connectivity index (χ2v) is 8.19. The largest absolute Gasteiger partial charge is 0.322 e. The van der Waals surface area contributed by atoms with Crippen molar-refractivity contribution in [2.75, 3.05) is 10.6 Å². The molecule has 170 valence electrons. The van der Waals surface area contributed by atoms with Gasteiger partial charge in [-0.1, -0.05) is 54.1 Å². The average Bonchev–Trinajstić information content (AvgIpc) is 2.84. The Labute approximate surface area is 201 Å². The molecular formula is C27H22ClN3O3. The van der Waals surface area contributed by atoms with Gasteiger partial charge in [0.25, 0.3) is 17.4 Å². The molecular weight excluding hydrogens is 450 g/mol. The Hall–Kier alpha value is -4.16. The van der Waals surface area contributed by atoms with E-state index in [1.165, 1.54) is 22.9 Å². The predicted octanol–water partition coefficient (Wildman–Crippen LogP) is 5.36. The molecule has 34 heavy (non-hydrogen) atoms. The molecule has 2 N–H and O–H groups in total. The summed E-state index contributed by atoms with van der Waals surface area (Å²) in [5, 5.41) is 6.26. The Morgan fingerprint density at radius 2 is 1.53 bits per heavy atom. The maximum Gasteiger partial charge on any atom is 0.257 e. The Bertz CT molecular complexity index is 1410. The number of hydrogen-bond acceptors (Lipinski definition) is 3. The maximum atomic E-state index is 13.0. The monoisotopic (exact) mass is 471 g/mol. The lowest BCUT2D eigenvalue weighted by Gasteiger charge is -2.13. The molecule has 6 nitrogen and oxygen atoms in total. The summed E-state index contributed by atoms with van der Waals surface area (Å²) in [7, 11) is 0. The van der Waals surface area contributed by atoms with Gasteiger partial charge in [-0.05, 0) is 54.4 Å². The summed E-state index contributed by atoms with van der Waals surface area (Å²) in [6.45, 7) is 2.11. The Morgan fingerprint density at radius 3 is 2.29 bits per heavy atom. The van der Waals surface area contributed by atoms with Crippen LogP contribution in [0.2, 0.25) is 5.02 Å². The second kappa shape index (κ2) is 10.2. The third-order valence-corrected chi connectivity index (χ3v) is 5.69. The highest BCUT2D eigenvalue weighted by atomic mass is 35.5. The second-order valence-electron chi connectivity index (χ2n) is 7.78. The zero-order chi connectivity index (χ0) is 24.1. The smallest absolute Gasteiger partial charge is 0.257 e. The van der Waals surface area contributed by atoms with E-state index in [9.17, 15) is 14.4 Å². The summed E-state index contributed by atoms with van der Waals surface area (Å²) in [6.07, 6.45) is 1.51. The molecule has 0 atom stereocenters. The minimum Gasteiger partial charge on any atom is -0.322 e. The van der Waals surface area contributed by atoms with E-state index >= 15 is 0 Å². The van der Waals surface area contributed by atoms with Crippen molar-refractivity contribution in [2.45, 2.75) is 13.5 Å².